The van der Waals surface area contributed by atoms with E-state index in [1.165, 1.54) is 0 Å². The van der Waals surface area contributed by atoms with Crippen LogP contribution >= 0.6 is 15.9 Å². The van der Waals surface area contributed by atoms with E-state index >= 15 is 0 Å². The number of nitrogens with zero attached hydrogens (tertiary/aromatic N) is 1. The maximum Gasteiger partial charge on any atom is 0.243 e. The van der Waals surface area contributed by atoms with Crippen molar-refractivity contribution in [2.45, 2.75) is 36.6 Å². The average molecular weight is 408 g/mol. The zero-order chi connectivity index (χ0) is 17.2. The molecular formula is C19H22BrNO2S. The molecule has 0 radical (unpaired) electrons. The van der Waals surface area contributed by atoms with Crippen LogP contribution in [0.2, 0.25) is 0 Å². The maximum atomic E-state index is 13.3. The summed E-state index contributed by atoms with van der Waals surface area (Å²) in [4.78, 5) is 0.380. The van der Waals surface area contributed by atoms with Crippen molar-refractivity contribution in [2.24, 2.45) is 0 Å². The van der Waals surface area contributed by atoms with E-state index in [9.17, 15) is 8.42 Å². The van der Waals surface area contributed by atoms with E-state index < -0.39 is 15.6 Å². The Balaban J connectivity index is 2.09. The van der Waals surface area contributed by atoms with Crippen LogP contribution in [0.4, 0.5) is 0 Å². The fraction of sp³-hybridized carbons (Fsp3) is 0.368. The van der Waals surface area contributed by atoms with E-state index in [2.05, 4.69) is 15.9 Å². The summed E-state index contributed by atoms with van der Waals surface area (Å²) >= 11 is 3.53. The highest BCUT2D eigenvalue weighted by Gasteiger charge is 2.48. The second-order valence-electron chi connectivity index (χ2n) is 6.33. The van der Waals surface area contributed by atoms with Gasteiger partial charge in [0.05, 0.1) is 10.4 Å². The number of alkyl halides is 1. The van der Waals surface area contributed by atoms with E-state index in [-0.39, 0.29) is 0 Å². The standard InChI is InChI=1S/C19H22BrNO2S/c1-16-8-10-18(11-9-16)24(22,23)21-15-5-12-19(21,13-14-20)17-6-3-2-4-7-17/h2-4,6-11H,5,12-15H2,1H3. The van der Waals surface area contributed by atoms with Crippen LogP contribution in [0.25, 0.3) is 0 Å². The molecule has 1 atom stereocenters. The molecule has 0 N–H and O–H groups in total. The first-order chi connectivity index (χ1) is 11.5. The lowest BCUT2D eigenvalue weighted by atomic mass is 9.86. The predicted octanol–water partition coefficient (Wildman–Crippen LogP) is 4.46. The quantitative estimate of drug-likeness (QED) is 0.685. The van der Waals surface area contributed by atoms with Gasteiger partial charge in [-0.3, -0.25) is 0 Å². The zero-order valence-corrected chi connectivity index (χ0v) is 16.2. The van der Waals surface area contributed by atoms with Gasteiger partial charge in [-0.25, -0.2) is 8.42 Å². The van der Waals surface area contributed by atoms with Crippen molar-refractivity contribution >= 4 is 26.0 Å². The molecule has 5 heteroatoms. The Morgan fingerprint density at radius 2 is 1.75 bits per heavy atom. The van der Waals surface area contributed by atoms with Crippen molar-refractivity contribution in [1.82, 2.24) is 4.31 Å². The zero-order valence-electron chi connectivity index (χ0n) is 13.8. The van der Waals surface area contributed by atoms with E-state index in [4.69, 9.17) is 0 Å². The lowest BCUT2D eigenvalue weighted by molar-refractivity contribution is 0.237. The molecule has 0 aliphatic carbocycles. The highest BCUT2D eigenvalue weighted by atomic mass is 79.9. The van der Waals surface area contributed by atoms with E-state index in [1.54, 1.807) is 16.4 Å². The molecule has 1 aliphatic heterocycles. The van der Waals surface area contributed by atoms with Gasteiger partial charge in [-0.05, 0) is 43.9 Å². The predicted molar refractivity (Wildman–Crippen MR) is 101 cm³/mol. The first-order valence-corrected chi connectivity index (χ1v) is 10.8. The summed E-state index contributed by atoms with van der Waals surface area (Å²) in [5.74, 6) is 0. The van der Waals surface area contributed by atoms with Gasteiger partial charge in [0.1, 0.15) is 0 Å². The number of halogens is 1. The smallest absolute Gasteiger partial charge is 0.207 e. The number of rotatable bonds is 5. The summed E-state index contributed by atoms with van der Waals surface area (Å²) in [7, 11) is -3.52. The lowest BCUT2D eigenvalue weighted by Gasteiger charge is -2.38. The highest BCUT2D eigenvalue weighted by Crippen LogP contribution is 2.45. The van der Waals surface area contributed by atoms with Gasteiger partial charge in [-0.15, -0.1) is 0 Å². The van der Waals surface area contributed by atoms with Crippen molar-refractivity contribution < 1.29 is 8.42 Å². The molecule has 3 rings (SSSR count). The summed E-state index contributed by atoms with van der Waals surface area (Å²) in [6.07, 6.45) is 2.50. The van der Waals surface area contributed by atoms with Gasteiger partial charge in [0.25, 0.3) is 0 Å². The Labute approximate surface area is 152 Å². The second kappa shape index (κ2) is 6.98. The molecule has 1 aliphatic rings. The van der Waals surface area contributed by atoms with Crippen LogP contribution in [0.3, 0.4) is 0 Å². The van der Waals surface area contributed by atoms with E-state index in [1.807, 2.05) is 49.4 Å². The lowest BCUT2D eigenvalue weighted by Crippen LogP contribution is -2.45. The number of hydrogen-bond donors (Lipinski definition) is 0. The molecule has 1 saturated heterocycles. The maximum absolute atomic E-state index is 13.3. The third-order valence-electron chi connectivity index (χ3n) is 4.86. The molecule has 2 aromatic rings. The van der Waals surface area contributed by atoms with Crippen LogP contribution in [-0.4, -0.2) is 24.6 Å². The van der Waals surface area contributed by atoms with Gasteiger partial charge in [0.2, 0.25) is 10.0 Å². The average Bonchev–Trinajstić information content (AvgIpc) is 3.02. The Hall–Kier alpha value is -1.17. The van der Waals surface area contributed by atoms with Gasteiger partial charge >= 0.3 is 0 Å². The molecule has 2 aromatic carbocycles. The van der Waals surface area contributed by atoms with Crippen LogP contribution in [0.5, 0.6) is 0 Å². The topological polar surface area (TPSA) is 37.4 Å². The Kier molecular flexibility index (Phi) is 5.13. The molecule has 0 aromatic heterocycles. The summed E-state index contributed by atoms with van der Waals surface area (Å²) in [6, 6.07) is 17.2. The molecule has 0 spiro atoms. The number of benzene rings is 2. The van der Waals surface area contributed by atoms with Crippen molar-refractivity contribution in [3.05, 3.63) is 65.7 Å². The summed E-state index contributed by atoms with van der Waals surface area (Å²) in [5, 5.41) is 0.766. The normalized spacial score (nSPS) is 21.9. The van der Waals surface area contributed by atoms with Crippen molar-refractivity contribution in [1.29, 1.82) is 0 Å². The Morgan fingerprint density at radius 3 is 2.38 bits per heavy atom. The minimum atomic E-state index is -3.52. The summed E-state index contributed by atoms with van der Waals surface area (Å²) in [5.41, 5.74) is 1.68. The highest BCUT2D eigenvalue weighted by molar-refractivity contribution is 9.09. The van der Waals surface area contributed by atoms with Crippen LogP contribution in [0.15, 0.2) is 59.5 Å². The van der Waals surface area contributed by atoms with Crippen LogP contribution in [0.1, 0.15) is 30.4 Å². The summed E-state index contributed by atoms with van der Waals surface area (Å²) < 4.78 is 28.4. The van der Waals surface area contributed by atoms with Crippen LogP contribution < -0.4 is 0 Å². The van der Waals surface area contributed by atoms with Crippen molar-refractivity contribution in [3.8, 4) is 0 Å². The van der Waals surface area contributed by atoms with Gasteiger partial charge in [0, 0.05) is 11.9 Å². The minimum Gasteiger partial charge on any atom is -0.207 e. The second-order valence-corrected chi connectivity index (χ2v) is 8.99. The number of sulfonamides is 1. The third-order valence-corrected chi connectivity index (χ3v) is 7.23. The number of aryl methyl sites for hydroxylation is 1. The molecule has 0 bridgehead atoms. The monoisotopic (exact) mass is 407 g/mol. The van der Waals surface area contributed by atoms with Crippen molar-refractivity contribution in [2.75, 3.05) is 11.9 Å². The van der Waals surface area contributed by atoms with E-state index in [0.717, 1.165) is 35.7 Å². The fourth-order valence-electron chi connectivity index (χ4n) is 3.63. The van der Waals surface area contributed by atoms with Crippen molar-refractivity contribution in [3.63, 3.8) is 0 Å². The molecule has 3 nitrogen and oxygen atoms in total. The largest absolute Gasteiger partial charge is 0.243 e. The first-order valence-electron chi connectivity index (χ1n) is 8.22. The first kappa shape index (κ1) is 17.6. The Morgan fingerprint density at radius 1 is 1.08 bits per heavy atom. The van der Waals surface area contributed by atoms with Gasteiger partial charge in [0.15, 0.2) is 0 Å². The Bertz CT molecular complexity index is 790. The minimum absolute atomic E-state index is 0.380. The van der Waals surface area contributed by atoms with Crippen LogP contribution in [-0.2, 0) is 15.6 Å². The SMILES string of the molecule is Cc1ccc(S(=O)(=O)N2CCCC2(CCBr)c2ccccc2)cc1. The molecule has 0 amide bonds. The molecule has 128 valence electrons. The van der Waals surface area contributed by atoms with Gasteiger partial charge < -0.3 is 0 Å². The molecular weight excluding hydrogens is 386 g/mol. The molecule has 24 heavy (non-hydrogen) atoms. The molecule has 1 unspecified atom stereocenters. The summed E-state index contributed by atoms with van der Waals surface area (Å²) in [6.45, 7) is 2.53. The van der Waals surface area contributed by atoms with E-state index in [0.29, 0.717) is 11.4 Å². The number of hydrogen-bond acceptors (Lipinski definition) is 2. The van der Waals surface area contributed by atoms with Gasteiger partial charge in [-0.2, -0.15) is 4.31 Å². The molecule has 1 fully saturated rings. The third kappa shape index (κ3) is 3.05. The molecule has 0 saturated carbocycles. The van der Waals surface area contributed by atoms with Crippen LogP contribution in [0, 0.1) is 6.92 Å². The fourth-order valence-corrected chi connectivity index (χ4v) is 6.14. The van der Waals surface area contributed by atoms with Gasteiger partial charge in [-0.1, -0.05) is 64.0 Å². The molecule has 1 heterocycles.